The number of hydrogen-bond donors (Lipinski definition) is 0. The second-order valence-corrected chi connectivity index (χ2v) is 5.99. The van der Waals surface area contributed by atoms with Crippen LogP contribution in [0.3, 0.4) is 0 Å². The number of hydrogen-bond acceptors (Lipinski definition) is 0. The van der Waals surface area contributed by atoms with Crippen LogP contribution in [-0.2, 0) is 0 Å². The Hall–Kier alpha value is -2.60. The summed E-state index contributed by atoms with van der Waals surface area (Å²) in [5, 5.41) is 5.05. The van der Waals surface area contributed by atoms with E-state index in [2.05, 4.69) is 98.8 Å². The van der Waals surface area contributed by atoms with Crippen LogP contribution in [0.5, 0.6) is 0 Å². The Labute approximate surface area is 144 Å². The number of benzene rings is 2. The van der Waals surface area contributed by atoms with Gasteiger partial charge in [-0.1, -0.05) is 98.8 Å². The Morgan fingerprint density at radius 3 is 1.17 bits per heavy atom. The standard InChI is InChI=1S/C24H24/c1-3-5-13-23-19-9-7-10-20(23)16-18-22-12-8-11-21(17-15-19)24(22)14-6-4-2/h5-18H,3-4H2,1-2H3/b13-5-,14-6-,17-15?,18-16?. The average molecular weight is 312 g/mol. The summed E-state index contributed by atoms with van der Waals surface area (Å²) in [5.41, 5.74) is 2.59. The molecule has 0 fully saturated rings. The maximum atomic E-state index is 2.24. The minimum Gasteiger partial charge on any atom is -0.0842 e. The quantitative estimate of drug-likeness (QED) is 0.470. The van der Waals surface area contributed by atoms with Crippen molar-refractivity contribution in [1.82, 2.24) is 0 Å². The van der Waals surface area contributed by atoms with Gasteiger partial charge in [-0.05, 0) is 45.5 Å². The predicted octanol–water partition coefficient (Wildman–Crippen LogP) is 7.40. The minimum atomic E-state index is 1.05. The van der Waals surface area contributed by atoms with Crippen molar-refractivity contribution >= 4 is 33.7 Å². The zero-order valence-electron chi connectivity index (χ0n) is 14.5. The molecule has 0 saturated heterocycles. The molecule has 0 spiro atoms. The lowest BCUT2D eigenvalue weighted by Gasteiger charge is -2.04. The van der Waals surface area contributed by atoms with Gasteiger partial charge in [0, 0.05) is 0 Å². The van der Waals surface area contributed by atoms with E-state index in [0.717, 1.165) is 12.8 Å². The van der Waals surface area contributed by atoms with Gasteiger partial charge in [0.1, 0.15) is 0 Å². The largest absolute Gasteiger partial charge is 0.0842 e. The van der Waals surface area contributed by atoms with Crippen LogP contribution in [0, 0.1) is 0 Å². The molecule has 0 saturated carbocycles. The van der Waals surface area contributed by atoms with Crippen molar-refractivity contribution < 1.29 is 0 Å². The van der Waals surface area contributed by atoms with Gasteiger partial charge in [-0.2, -0.15) is 0 Å². The molecule has 0 aromatic heterocycles. The molecule has 3 rings (SSSR count). The van der Waals surface area contributed by atoms with Crippen LogP contribution in [0.4, 0.5) is 0 Å². The Kier molecular flexibility index (Phi) is 5.28. The molecule has 0 nitrogen and oxygen atoms in total. The first-order valence-electron chi connectivity index (χ1n) is 8.78. The smallest absolute Gasteiger partial charge is 0.0115 e. The van der Waals surface area contributed by atoms with Gasteiger partial charge < -0.3 is 0 Å². The van der Waals surface area contributed by atoms with Gasteiger partial charge in [-0.15, -0.1) is 0 Å². The molecule has 0 heterocycles. The first-order chi connectivity index (χ1) is 11.8. The van der Waals surface area contributed by atoms with Gasteiger partial charge in [0.05, 0.1) is 0 Å². The van der Waals surface area contributed by atoms with Gasteiger partial charge >= 0.3 is 0 Å². The first kappa shape index (κ1) is 16.3. The van der Waals surface area contributed by atoms with E-state index in [0.29, 0.717) is 0 Å². The molecule has 0 atom stereocenters. The highest BCUT2D eigenvalue weighted by atomic mass is 14.0. The summed E-state index contributed by atoms with van der Waals surface area (Å²) >= 11 is 0. The highest BCUT2D eigenvalue weighted by molar-refractivity contribution is 5.90. The van der Waals surface area contributed by atoms with Crippen LogP contribution >= 0.6 is 0 Å². The number of fused-ring (bicyclic) bond motifs is 4. The fraction of sp³-hybridized carbons (Fsp3) is 0.167. The molecule has 4 bridgehead atoms. The van der Waals surface area contributed by atoms with E-state index in [4.69, 9.17) is 0 Å². The van der Waals surface area contributed by atoms with Gasteiger partial charge in [0.25, 0.3) is 0 Å². The van der Waals surface area contributed by atoms with E-state index in [1.54, 1.807) is 0 Å². The SMILES string of the molecule is CC/C=C\c1c2cccc1ccc1cccc(cc2)c1/C=C\CC. The Morgan fingerprint density at radius 2 is 0.875 bits per heavy atom. The van der Waals surface area contributed by atoms with Crippen molar-refractivity contribution in [2.75, 3.05) is 0 Å². The number of allylic oxidation sites excluding steroid dienone is 2. The van der Waals surface area contributed by atoms with E-state index in [1.807, 2.05) is 0 Å². The topological polar surface area (TPSA) is 0 Å². The predicted molar refractivity (Wildman–Crippen MR) is 109 cm³/mol. The minimum absolute atomic E-state index is 1.05. The van der Waals surface area contributed by atoms with Crippen molar-refractivity contribution in [2.24, 2.45) is 0 Å². The van der Waals surface area contributed by atoms with E-state index < -0.39 is 0 Å². The van der Waals surface area contributed by atoms with Crippen molar-refractivity contribution in [2.45, 2.75) is 26.7 Å². The van der Waals surface area contributed by atoms with Crippen LogP contribution in [0.15, 0.2) is 72.8 Å². The summed E-state index contributed by atoms with van der Waals surface area (Å²) in [6.45, 7) is 4.34. The molecule has 3 aromatic carbocycles. The van der Waals surface area contributed by atoms with Crippen LogP contribution in [-0.4, -0.2) is 0 Å². The summed E-state index contributed by atoms with van der Waals surface area (Å²) in [4.78, 5) is 0. The van der Waals surface area contributed by atoms with E-state index >= 15 is 0 Å². The fourth-order valence-corrected chi connectivity index (χ4v) is 3.00. The molecule has 24 heavy (non-hydrogen) atoms. The monoisotopic (exact) mass is 312 g/mol. The molecule has 0 radical (unpaired) electrons. The summed E-state index contributed by atoms with van der Waals surface area (Å²) in [6.07, 6.45) is 11.0. The lowest BCUT2D eigenvalue weighted by atomic mass is 10.0. The molecule has 0 N–H and O–H groups in total. The molecule has 0 heteroatoms. The second-order valence-electron chi connectivity index (χ2n) is 5.99. The zero-order valence-corrected chi connectivity index (χ0v) is 14.5. The lowest BCUT2D eigenvalue weighted by Crippen LogP contribution is -1.80. The summed E-state index contributed by atoms with van der Waals surface area (Å²) < 4.78 is 0. The summed E-state index contributed by atoms with van der Waals surface area (Å²) in [6, 6.07) is 22.0. The Morgan fingerprint density at radius 1 is 0.542 bits per heavy atom. The lowest BCUT2D eigenvalue weighted by molar-refractivity contribution is 1.23. The molecule has 3 aromatic rings. The van der Waals surface area contributed by atoms with Gasteiger partial charge in [-0.25, -0.2) is 0 Å². The number of rotatable bonds is 4. The van der Waals surface area contributed by atoms with Gasteiger partial charge in [0.15, 0.2) is 0 Å². The fourth-order valence-electron chi connectivity index (χ4n) is 3.00. The van der Waals surface area contributed by atoms with E-state index in [9.17, 15) is 0 Å². The highest BCUT2D eigenvalue weighted by Crippen LogP contribution is 2.23. The second kappa shape index (κ2) is 7.79. The molecule has 0 aliphatic rings. The molecule has 0 aliphatic heterocycles. The maximum absolute atomic E-state index is 2.24. The van der Waals surface area contributed by atoms with Gasteiger partial charge in [0.2, 0.25) is 0 Å². The third-order valence-electron chi connectivity index (χ3n) is 4.27. The van der Waals surface area contributed by atoms with Crippen molar-refractivity contribution in [3.63, 3.8) is 0 Å². The maximum Gasteiger partial charge on any atom is -0.0115 e. The molecule has 0 unspecified atom stereocenters. The summed E-state index contributed by atoms with van der Waals surface area (Å²) in [7, 11) is 0. The normalized spacial score (nSPS) is 11.8. The van der Waals surface area contributed by atoms with Crippen LogP contribution in [0.25, 0.3) is 33.7 Å². The third kappa shape index (κ3) is 3.49. The Balaban J connectivity index is 2.38. The van der Waals surface area contributed by atoms with E-state index in [1.165, 1.54) is 32.7 Å². The Bertz CT molecular complexity index is 791. The molecular weight excluding hydrogens is 288 g/mol. The molecule has 0 aliphatic carbocycles. The van der Waals surface area contributed by atoms with Crippen LogP contribution in [0.1, 0.15) is 37.8 Å². The first-order valence-corrected chi connectivity index (χ1v) is 8.78. The summed E-state index contributed by atoms with van der Waals surface area (Å²) in [5.74, 6) is 0. The van der Waals surface area contributed by atoms with Crippen LogP contribution in [0.2, 0.25) is 0 Å². The van der Waals surface area contributed by atoms with Crippen LogP contribution < -0.4 is 0 Å². The van der Waals surface area contributed by atoms with Gasteiger partial charge in [-0.3, -0.25) is 0 Å². The van der Waals surface area contributed by atoms with Crippen molar-refractivity contribution in [3.8, 4) is 0 Å². The van der Waals surface area contributed by atoms with Crippen molar-refractivity contribution in [1.29, 1.82) is 0 Å². The highest BCUT2D eigenvalue weighted by Gasteiger charge is 1.99. The van der Waals surface area contributed by atoms with E-state index in [-0.39, 0.29) is 0 Å². The average Bonchev–Trinajstić information content (AvgIpc) is 2.61. The third-order valence-corrected chi connectivity index (χ3v) is 4.27. The van der Waals surface area contributed by atoms with Crippen molar-refractivity contribution in [3.05, 3.63) is 83.9 Å². The molecule has 120 valence electrons. The zero-order chi connectivity index (χ0) is 16.8. The molecule has 0 amide bonds. The molecular formula is C24H24.